The number of hydrogen-bond acceptors (Lipinski definition) is 3. The third-order valence-electron chi connectivity index (χ3n) is 2.67. The SMILES string of the molecule is CNC1=Cc2c(cc(NC)cc2NC)[CH]1.[Cl][Zr][Cl]. The predicted molar refractivity (Wildman–Crippen MR) is 77.7 cm³/mol. The van der Waals surface area contributed by atoms with Crippen LogP contribution in [0, 0.1) is 6.42 Å². The number of halogens is 2. The number of fused-ring (bicyclic) bond motifs is 1. The second kappa shape index (κ2) is 8.09. The molecule has 0 heterocycles. The number of allylic oxidation sites excluding steroid dienone is 1. The molecular formula is C12H16Cl2N3Zr. The van der Waals surface area contributed by atoms with Crippen molar-refractivity contribution in [3.05, 3.63) is 35.4 Å². The second-order valence-electron chi connectivity index (χ2n) is 3.59. The van der Waals surface area contributed by atoms with Crippen molar-refractivity contribution >= 4 is 34.5 Å². The van der Waals surface area contributed by atoms with Crippen molar-refractivity contribution < 1.29 is 20.8 Å². The molecule has 0 saturated heterocycles. The molecule has 1 radical (unpaired) electrons. The molecule has 3 N–H and O–H groups in total. The van der Waals surface area contributed by atoms with Crippen molar-refractivity contribution in [2.45, 2.75) is 0 Å². The Morgan fingerprint density at radius 2 is 1.67 bits per heavy atom. The predicted octanol–water partition coefficient (Wildman–Crippen LogP) is 3.27. The normalized spacial score (nSPS) is 11.7. The zero-order chi connectivity index (χ0) is 13.5. The molecule has 0 bridgehead atoms. The molecule has 0 aromatic heterocycles. The first kappa shape index (κ1) is 15.9. The van der Waals surface area contributed by atoms with Crippen LogP contribution in [-0.4, -0.2) is 21.1 Å². The molecule has 1 aliphatic rings. The van der Waals surface area contributed by atoms with Crippen LogP contribution in [0.2, 0.25) is 0 Å². The van der Waals surface area contributed by atoms with Gasteiger partial charge in [-0.15, -0.1) is 0 Å². The van der Waals surface area contributed by atoms with Gasteiger partial charge in [-0.3, -0.25) is 0 Å². The molecule has 97 valence electrons. The summed E-state index contributed by atoms with van der Waals surface area (Å²) in [7, 11) is 15.7. The fraction of sp³-hybridized carbons (Fsp3) is 0.250. The summed E-state index contributed by atoms with van der Waals surface area (Å²) in [4.78, 5) is 0. The molecule has 0 aliphatic heterocycles. The Hall–Kier alpha value is -0.177. The molecular weight excluding hydrogens is 348 g/mol. The van der Waals surface area contributed by atoms with E-state index in [1.165, 1.54) is 11.1 Å². The van der Waals surface area contributed by atoms with E-state index in [2.05, 4.69) is 40.6 Å². The Balaban J connectivity index is 0.000000492. The summed E-state index contributed by atoms with van der Waals surface area (Å²) in [6, 6.07) is 4.26. The van der Waals surface area contributed by atoms with Gasteiger partial charge in [-0.05, 0) is 23.8 Å². The van der Waals surface area contributed by atoms with Crippen molar-refractivity contribution in [2.24, 2.45) is 0 Å². The van der Waals surface area contributed by atoms with Crippen LogP contribution in [0.5, 0.6) is 0 Å². The summed E-state index contributed by atoms with van der Waals surface area (Å²) in [5, 5.41) is 9.53. The van der Waals surface area contributed by atoms with Gasteiger partial charge in [0.2, 0.25) is 0 Å². The van der Waals surface area contributed by atoms with Gasteiger partial charge in [0.25, 0.3) is 0 Å². The fourth-order valence-corrected chi connectivity index (χ4v) is 1.82. The summed E-state index contributed by atoms with van der Waals surface area (Å²) in [5.41, 5.74) is 5.92. The van der Waals surface area contributed by atoms with E-state index in [-0.39, 0.29) is 0 Å². The molecule has 1 aliphatic carbocycles. The minimum atomic E-state index is -0.826. The fourth-order valence-electron chi connectivity index (χ4n) is 1.82. The molecule has 0 amide bonds. The van der Waals surface area contributed by atoms with Crippen LogP contribution in [-0.2, 0) is 20.8 Å². The number of benzene rings is 1. The van der Waals surface area contributed by atoms with E-state index in [9.17, 15) is 0 Å². The average Bonchev–Trinajstić information content (AvgIpc) is 2.81. The van der Waals surface area contributed by atoms with Gasteiger partial charge >= 0.3 is 37.9 Å². The Kier molecular flexibility index (Phi) is 7.13. The van der Waals surface area contributed by atoms with E-state index in [1.54, 1.807) is 0 Å². The topological polar surface area (TPSA) is 36.1 Å². The van der Waals surface area contributed by atoms with Crippen molar-refractivity contribution in [3.63, 3.8) is 0 Å². The summed E-state index contributed by atoms with van der Waals surface area (Å²) < 4.78 is 0. The first-order valence-electron chi connectivity index (χ1n) is 5.44. The van der Waals surface area contributed by atoms with Crippen LogP contribution in [0.3, 0.4) is 0 Å². The Morgan fingerprint density at radius 3 is 2.17 bits per heavy atom. The van der Waals surface area contributed by atoms with Gasteiger partial charge in [-0.2, -0.15) is 0 Å². The first-order chi connectivity index (χ1) is 8.69. The molecule has 3 nitrogen and oxygen atoms in total. The van der Waals surface area contributed by atoms with Crippen molar-refractivity contribution in [1.82, 2.24) is 5.32 Å². The molecule has 0 atom stereocenters. The molecule has 0 saturated carbocycles. The van der Waals surface area contributed by atoms with Gasteiger partial charge in [0.05, 0.1) is 0 Å². The van der Waals surface area contributed by atoms with Crippen molar-refractivity contribution in [3.8, 4) is 0 Å². The van der Waals surface area contributed by atoms with Crippen LogP contribution in [0.4, 0.5) is 11.4 Å². The molecule has 0 spiro atoms. The maximum atomic E-state index is 4.93. The number of anilines is 2. The molecule has 18 heavy (non-hydrogen) atoms. The maximum absolute atomic E-state index is 4.93. The Morgan fingerprint density at radius 1 is 1.00 bits per heavy atom. The average molecular weight is 364 g/mol. The van der Waals surface area contributed by atoms with Crippen molar-refractivity contribution in [1.29, 1.82) is 0 Å². The van der Waals surface area contributed by atoms with Gasteiger partial charge in [0, 0.05) is 50.2 Å². The second-order valence-corrected chi connectivity index (χ2v) is 7.32. The van der Waals surface area contributed by atoms with E-state index >= 15 is 0 Å². The quantitative estimate of drug-likeness (QED) is 0.770. The molecule has 2 rings (SSSR count). The van der Waals surface area contributed by atoms with Crippen LogP contribution in [0.15, 0.2) is 17.8 Å². The Bertz CT molecular complexity index is 436. The van der Waals surface area contributed by atoms with E-state index < -0.39 is 20.8 Å². The standard InChI is InChI=1S/C12H16N3.2ClH.Zr/c1-13-9-4-8-5-10(14-2)7-12(15-3)11(8)6-9;;;/h4-7,13-15H,1-3H3;2*1H;/q;;;+2/p-2. The van der Waals surface area contributed by atoms with Gasteiger partial charge in [-0.1, -0.05) is 0 Å². The van der Waals surface area contributed by atoms with Gasteiger partial charge in [0.1, 0.15) is 0 Å². The molecule has 0 unspecified atom stereocenters. The molecule has 1 aromatic rings. The van der Waals surface area contributed by atoms with Crippen LogP contribution in [0.25, 0.3) is 6.08 Å². The molecule has 6 heteroatoms. The summed E-state index contributed by atoms with van der Waals surface area (Å²) in [6.45, 7) is 0. The summed E-state index contributed by atoms with van der Waals surface area (Å²) in [6.07, 6.45) is 4.30. The number of hydrogen-bond donors (Lipinski definition) is 3. The summed E-state index contributed by atoms with van der Waals surface area (Å²) >= 11 is -0.826. The number of nitrogens with one attached hydrogen (secondary N) is 3. The zero-order valence-corrected chi connectivity index (χ0v) is 14.5. The van der Waals surface area contributed by atoms with Crippen molar-refractivity contribution in [2.75, 3.05) is 31.8 Å². The molecule has 1 aromatic carbocycles. The van der Waals surface area contributed by atoms with Gasteiger partial charge < -0.3 is 16.0 Å². The third-order valence-corrected chi connectivity index (χ3v) is 2.67. The zero-order valence-electron chi connectivity index (χ0n) is 10.6. The van der Waals surface area contributed by atoms with Crippen LogP contribution in [0.1, 0.15) is 11.1 Å². The van der Waals surface area contributed by atoms with E-state index in [0.717, 1.165) is 17.1 Å². The van der Waals surface area contributed by atoms with E-state index in [1.807, 2.05) is 21.1 Å². The molecule has 0 fully saturated rings. The number of likely N-dealkylation sites (N-methyl/N-ethyl adjacent to an activating group) is 1. The first-order valence-corrected chi connectivity index (χ1v) is 11.8. The third kappa shape index (κ3) is 3.91. The van der Waals surface area contributed by atoms with Gasteiger partial charge in [0.15, 0.2) is 0 Å². The van der Waals surface area contributed by atoms with Gasteiger partial charge in [-0.25, -0.2) is 0 Å². The van der Waals surface area contributed by atoms with E-state index in [4.69, 9.17) is 17.0 Å². The monoisotopic (exact) mass is 362 g/mol. The van der Waals surface area contributed by atoms with Crippen LogP contribution >= 0.6 is 17.0 Å². The van der Waals surface area contributed by atoms with E-state index in [0.29, 0.717) is 0 Å². The van der Waals surface area contributed by atoms with Crippen LogP contribution < -0.4 is 16.0 Å². The minimum absolute atomic E-state index is 0.826. The number of rotatable bonds is 3. The Labute approximate surface area is 127 Å². The summed E-state index contributed by atoms with van der Waals surface area (Å²) in [5.74, 6) is 0.